The zero-order valence-corrected chi connectivity index (χ0v) is 12.6. The summed E-state index contributed by atoms with van der Waals surface area (Å²) in [5, 5.41) is 14.0. The summed E-state index contributed by atoms with van der Waals surface area (Å²) in [6.07, 6.45) is 0. The molecule has 0 heterocycles. The van der Waals surface area contributed by atoms with E-state index in [0.29, 0.717) is 13.2 Å². The molecule has 0 radical (unpaired) electrons. The van der Waals surface area contributed by atoms with Crippen LogP contribution in [0, 0.1) is 12.8 Å². The first-order valence-corrected chi connectivity index (χ1v) is 6.86. The number of urea groups is 1. The monoisotopic (exact) mass is 294 g/mol. The van der Waals surface area contributed by atoms with Gasteiger partial charge < -0.3 is 20.5 Å². The van der Waals surface area contributed by atoms with E-state index in [1.165, 1.54) is 0 Å². The van der Waals surface area contributed by atoms with Gasteiger partial charge in [0, 0.05) is 6.04 Å². The first kappa shape index (κ1) is 16.8. The lowest BCUT2D eigenvalue weighted by molar-refractivity contribution is -0.141. The molecular formula is C15H22N2O4. The Bertz CT molecular complexity index is 490. The Labute approximate surface area is 124 Å². The number of ether oxygens (including phenoxy) is 1. The molecule has 0 bridgehead atoms. The highest BCUT2D eigenvalue weighted by atomic mass is 16.5. The number of carbonyl (C=O) groups excluding carboxylic acids is 1. The number of carboxylic acid groups (broad SMARTS) is 1. The lowest BCUT2D eigenvalue weighted by atomic mass is 10.0. The molecule has 3 N–H and O–H groups in total. The van der Waals surface area contributed by atoms with Gasteiger partial charge in [-0.1, -0.05) is 12.1 Å². The molecule has 2 atom stereocenters. The van der Waals surface area contributed by atoms with Gasteiger partial charge >= 0.3 is 12.0 Å². The number of benzene rings is 1. The predicted molar refractivity (Wildman–Crippen MR) is 79.5 cm³/mol. The fourth-order valence-corrected chi connectivity index (χ4v) is 1.64. The zero-order chi connectivity index (χ0) is 15.8. The molecule has 2 amide bonds. The van der Waals surface area contributed by atoms with Gasteiger partial charge in [-0.3, -0.25) is 4.79 Å². The SMILES string of the molecule is Cc1cccc(OCCNC(=O)NC(C)C(C)C(=O)O)c1. The maximum absolute atomic E-state index is 11.6. The number of carboxylic acids is 1. The van der Waals surface area contributed by atoms with Crippen molar-refractivity contribution in [3.8, 4) is 5.75 Å². The number of nitrogens with one attached hydrogen (secondary N) is 2. The van der Waals surface area contributed by atoms with Gasteiger partial charge in [0.15, 0.2) is 0 Å². The minimum absolute atomic E-state index is 0.341. The van der Waals surface area contributed by atoms with Crippen LogP contribution in [0.4, 0.5) is 4.79 Å². The summed E-state index contributed by atoms with van der Waals surface area (Å²) in [6.45, 7) is 5.87. The average Bonchev–Trinajstić information content (AvgIpc) is 2.42. The van der Waals surface area contributed by atoms with E-state index >= 15 is 0 Å². The van der Waals surface area contributed by atoms with Gasteiger partial charge in [-0.25, -0.2) is 4.79 Å². The van der Waals surface area contributed by atoms with Crippen molar-refractivity contribution in [3.05, 3.63) is 29.8 Å². The maximum atomic E-state index is 11.6. The largest absolute Gasteiger partial charge is 0.492 e. The first-order valence-electron chi connectivity index (χ1n) is 6.86. The normalized spacial score (nSPS) is 13.1. The van der Waals surface area contributed by atoms with E-state index in [-0.39, 0.29) is 0 Å². The lowest BCUT2D eigenvalue weighted by Crippen LogP contribution is -2.46. The van der Waals surface area contributed by atoms with Crippen LogP contribution in [-0.4, -0.2) is 36.3 Å². The molecule has 0 spiro atoms. The fraction of sp³-hybridized carbons (Fsp3) is 0.467. The number of aliphatic carboxylic acids is 1. The molecule has 0 aliphatic rings. The summed E-state index contributed by atoms with van der Waals surface area (Å²) in [6, 6.07) is 6.80. The van der Waals surface area contributed by atoms with E-state index in [1.54, 1.807) is 13.8 Å². The van der Waals surface area contributed by atoms with Gasteiger partial charge in [0.25, 0.3) is 0 Å². The molecule has 2 unspecified atom stereocenters. The average molecular weight is 294 g/mol. The standard InChI is InChI=1S/C15H22N2O4/c1-10-5-4-6-13(9-10)21-8-7-16-15(20)17-12(3)11(2)14(18)19/h4-6,9,11-12H,7-8H2,1-3H3,(H,18,19)(H2,16,17,20). The summed E-state index contributed by atoms with van der Waals surface area (Å²) in [4.78, 5) is 22.4. The van der Waals surface area contributed by atoms with Gasteiger partial charge in [-0.15, -0.1) is 0 Å². The summed E-state index contributed by atoms with van der Waals surface area (Å²) < 4.78 is 5.49. The number of hydrogen-bond acceptors (Lipinski definition) is 3. The van der Waals surface area contributed by atoms with E-state index in [1.807, 2.05) is 31.2 Å². The molecular weight excluding hydrogens is 272 g/mol. The third-order valence-corrected chi connectivity index (χ3v) is 3.14. The van der Waals surface area contributed by atoms with Crippen LogP contribution in [-0.2, 0) is 4.79 Å². The zero-order valence-electron chi connectivity index (χ0n) is 12.6. The summed E-state index contributed by atoms with van der Waals surface area (Å²) in [5.41, 5.74) is 1.11. The van der Waals surface area contributed by atoms with Gasteiger partial charge in [0.2, 0.25) is 0 Å². The Balaban J connectivity index is 2.23. The Morgan fingerprint density at radius 2 is 2.05 bits per heavy atom. The van der Waals surface area contributed by atoms with Crippen molar-refractivity contribution in [1.82, 2.24) is 10.6 Å². The highest BCUT2D eigenvalue weighted by molar-refractivity contribution is 5.76. The van der Waals surface area contributed by atoms with Crippen LogP contribution < -0.4 is 15.4 Å². The highest BCUT2D eigenvalue weighted by Gasteiger charge is 2.20. The van der Waals surface area contributed by atoms with Gasteiger partial charge in [-0.2, -0.15) is 0 Å². The number of aryl methyl sites for hydroxylation is 1. The first-order chi connectivity index (χ1) is 9.90. The van der Waals surface area contributed by atoms with E-state index in [2.05, 4.69) is 10.6 Å². The Kier molecular flexibility index (Phi) is 6.52. The molecule has 116 valence electrons. The van der Waals surface area contributed by atoms with Crippen molar-refractivity contribution >= 4 is 12.0 Å². The molecule has 0 aromatic heterocycles. The number of carbonyl (C=O) groups is 2. The molecule has 0 aliphatic heterocycles. The summed E-state index contributed by atoms with van der Waals surface area (Å²) >= 11 is 0. The van der Waals surface area contributed by atoms with Crippen LogP contribution >= 0.6 is 0 Å². The highest BCUT2D eigenvalue weighted by Crippen LogP contribution is 2.11. The Morgan fingerprint density at radius 3 is 2.67 bits per heavy atom. The quantitative estimate of drug-likeness (QED) is 0.669. The number of amides is 2. The van der Waals surface area contributed by atoms with Crippen LogP contribution in [0.3, 0.4) is 0 Å². The van der Waals surface area contributed by atoms with Crippen LogP contribution in [0.1, 0.15) is 19.4 Å². The second-order valence-electron chi connectivity index (χ2n) is 4.98. The maximum Gasteiger partial charge on any atom is 0.315 e. The van der Waals surface area contributed by atoms with Gasteiger partial charge in [0.1, 0.15) is 12.4 Å². The minimum Gasteiger partial charge on any atom is -0.492 e. The molecule has 1 rings (SSSR count). The second-order valence-corrected chi connectivity index (χ2v) is 4.98. The topological polar surface area (TPSA) is 87.7 Å². The number of hydrogen-bond donors (Lipinski definition) is 3. The van der Waals surface area contributed by atoms with E-state index < -0.39 is 24.0 Å². The molecule has 0 fully saturated rings. The molecule has 0 aliphatic carbocycles. The fourth-order valence-electron chi connectivity index (χ4n) is 1.64. The van der Waals surface area contributed by atoms with Crippen LogP contribution in [0.15, 0.2) is 24.3 Å². The predicted octanol–water partition coefficient (Wildman–Crippen LogP) is 1.78. The van der Waals surface area contributed by atoms with Crippen molar-refractivity contribution in [2.75, 3.05) is 13.2 Å². The summed E-state index contributed by atoms with van der Waals surface area (Å²) in [5.74, 6) is -0.824. The molecule has 0 saturated heterocycles. The van der Waals surface area contributed by atoms with E-state index in [9.17, 15) is 9.59 Å². The number of rotatable bonds is 7. The third-order valence-electron chi connectivity index (χ3n) is 3.14. The summed E-state index contributed by atoms with van der Waals surface area (Å²) in [7, 11) is 0. The van der Waals surface area contributed by atoms with Crippen molar-refractivity contribution in [2.24, 2.45) is 5.92 Å². The van der Waals surface area contributed by atoms with Crippen molar-refractivity contribution < 1.29 is 19.4 Å². The van der Waals surface area contributed by atoms with Crippen LogP contribution in [0.2, 0.25) is 0 Å². The van der Waals surface area contributed by atoms with E-state index in [4.69, 9.17) is 9.84 Å². The molecule has 6 heteroatoms. The lowest BCUT2D eigenvalue weighted by Gasteiger charge is -2.18. The van der Waals surface area contributed by atoms with E-state index in [0.717, 1.165) is 11.3 Å². The van der Waals surface area contributed by atoms with Crippen LogP contribution in [0.25, 0.3) is 0 Å². The molecule has 21 heavy (non-hydrogen) atoms. The van der Waals surface area contributed by atoms with Gasteiger partial charge in [-0.05, 0) is 38.5 Å². The Morgan fingerprint density at radius 1 is 1.33 bits per heavy atom. The smallest absolute Gasteiger partial charge is 0.315 e. The minimum atomic E-state index is -0.939. The molecule has 1 aromatic rings. The van der Waals surface area contributed by atoms with Crippen molar-refractivity contribution in [1.29, 1.82) is 0 Å². The van der Waals surface area contributed by atoms with Crippen LogP contribution in [0.5, 0.6) is 5.75 Å². The molecule has 0 saturated carbocycles. The Hall–Kier alpha value is -2.24. The third kappa shape index (κ3) is 6.16. The van der Waals surface area contributed by atoms with Crippen molar-refractivity contribution in [2.45, 2.75) is 26.8 Å². The van der Waals surface area contributed by atoms with Crippen molar-refractivity contribution in [3.63, 3.8) is 0 Å². The molecule has 1 aromatic carbocycles. The second kappa shape index (κ2) is 8.14. The van der Waals surface area contributed by atoms with Gasteiger partial charge in [0.05, 0.1) is 12.5 Å². The molecule has 6 nitrogen and oxygen atoms in total.